The number of carbonyl (C=O) groups excluding carboxylic acids is 2. The molecule has 3 atom stereocenters. The summed E-state index contributed by atoms with van der Waals surface area (Å²) in [6, 6.07) is -1.67. The number of rotatable bonds is 3. The molecule has 0 bridgehead atoms. The van der Waals surface area contributed by atoms with E-state index in [2.05, 4.69) is 10.4 Å². The first kappa shape index (κ1) is 17.1. The lowest BCUT2D eigenvalue weighted by Gasteiger charge is -2.43. The first-order valence-corrected chi connectivity index (χ1v) is 8.54. The molecule has 0 spiro atoms. The van der Waals surface area contributed by atoms with Gasteiger partial charge in [-0.1, -0.05) is 11.6 Å². The number of carboxylic acids is 1. The van der Waals surface area contributed by atoms with E-state index in [1.807, 2.05) is 0 Å². The van der Waals surface area contributed by atoms with E-state index in [0.29, 0.717) is 5.69 Å². The number of nitrogens with one attached hydrogen (secondary N) is 1. The first-order valence-electron chi connectivity index (χ1n) is 7.29. The number of carboxylic acid groups (broad SMARTS) is 1. The first-order chi connectivity index (χ1) is 11.1. The smallest absolute Gasteiger partial charge is 0.327 e. The molecule has 1 aromatic rings. The van der Waals surface area contributed by atoms with Crippen molar-refractivity contribution in [1.82, 2.24) is 20.0 Å². The monoisotopic (exact) mass is 372 g/mol. The molecule has 3 heterocycles. The molecule has 2 aliphatic heterocycles. The fourth-order valence-corrected chi connectivity index (χ4v) is 5.11. The molecule has 0 aromatic carbocycles. The topological polar surface area (TPSA) is 105 Å². The zero-order chi connectivity index (χ0) is 18.0. The SMILES string of the molecule is Cc1nn(C)c(C(=O)N[C@H]2C(=O)N3[C@@H]2SC(C)(C)[C@H]3C(=O)O)c1Cl. The second kappa shape index (κ2) is 5.38. The van der Waals surface area contributed by atoms with Gasteiger partial charge in [-0.05, 0) is 20.8 Å². The van der Waals surface area contributed by atoms with Gasteiger partial charge in [-0.25, -0.2) is 4.79 Å². The summed E-state index contributed by atoms with van der Waals surface area (Å²) in [5, 5.41) is 16.0. The van der Waals surface area contributed by atoms with Crippen molar-refractivity contribution in [1.29, 1.82) is 0 Å². The molecule has 24 heavy (non-hydrogen) atoms. The maximum Gasteiger partial charge on any atom is 0.327 e. The molecule has 130 valence electrons. The summed E-state index contributed by atoms with van der Waals surface area (Å²) >= 11 is 7.46. The number of thioether (sulfide) groups is 1. The van der Waals surface area contributed by atoms with Crippen molar-refractivity contribution >= 4 is 41.1 Å². The summed E-state index contributed by atoms with van der Waals surface area (Å²) in [6.07, 6.45) is 0. The Morgan fingerprint density at radius 3 is 2.54 bits per heavy atom. The van der Waals surface area contributed by atoms with Crippen molar-refractivity contribution in [2.75, 3.05) is 0 Å². The highest BCUT2D eigenvalue weighted by Crippen LogP contribution is 2.50. The number of amides is 2. The molecular formula is C14H17ClN4O4S. The Labute approximate surface area is 147 Å². The number of aliphatic carboxylic acids is 1. The van der Waals surface area contributed by atoms with Crippen molar-refractivity contribution in [2.24, 2.45) is 7.05 Å². The Kier molecular flexibility index (Phi) is 3.83. The van der Waals surface area contributed by atoms with Crippen molar-refractivity contribution in [3.05, 3.63) is 16.4 Å². The summed E-state index contributed by atoms with van der Waals surface area (Å²) < 4.78 is 0.728. The highest BCUT2D eigenvalue weighted by molar-refractivity contribution is 8.01. The van der Waals surface area contributed by atoms with Crippen molar-refractivity contribution in [3.63, 3.8) is 0 Å². The second-order valence-electron chi connectivity index (χ2n) is 6.42. The minimum Gasteiger partial charge on any atom is -0.480 e. The van der Waals surface area contributed by atoms with E-state index in [1.165, 1.54) is 21.3 Å². The fourth-order valence-electron chi connectivity index (χ4n) is 3.23. The van der Waals surface area contributed by atoms with Crippen LogP contribution < -0.4 is 5.32 Å². The molecule has 0 saturated carbocycles. The molecule has 10 heteroatoms. The number of halogens is 1. The number of carbonyl (C=O) groups is 3. The molecular weight excluding hydrogens is 356 g/mol. The molecule has 0 unspecified atom stereocenters. The number of hydrogen-bond donors (Lipinski definition) is 2. The molecule has 3 rings (SSSR count). The van der Waals surface area contributed by atoms with Crippen LogP contribution in [0.4, 0.5) is 0 Å². The zero-order valence-corrected chi connectivity index (χ0v) is 15.1. The lowest BCUT2D eigenvalue weighted by Crippen LogP contribution is -2.70. The third-order valence-corrected chi connectivity index (χ3v) is 6.35. The van der Waals surface area contributed by atoms with Crippen LogP contribution in [0.2, 0.25) is 5.02 Å². The molecule has 8 nitrogen and oxygen atoms in total. The predicted octanol–water partition coefficient (Wildman–Crippen LogP) is 0.627. The van der Waals surface area contributed by atoms with Gasteiger partial charge in [0.15, 0.2) is 0 Å². The molecule has 2 fully saturated rings. The number of aromatic nitrogens is 2. The number of aryl methyl sites for hydroxylation is 2. The number of hydrogen-bond acceptors (Lipinski definition) is 5. The lowest BCUT2D eigenvalue weighted by atomic mass is 9.96. The normalized spacial score (nSPS) is 27.6. The Balaban J connectivity index is 1.80. The van der Waals surface area contributed by atoms with E-state index in [0.717, 1.165) is 0 Å². The average molecular weight is 373 g/mol. The van der Waals surface area contributed by atoms with Gasteiger partial charge in [0.05, 0.1) is 10.7 Å². The molecule has 2 aliphatic rings. The van der Waals surface area contributed by atoms with E-state index in [-0.39, 0.29) is 10.7 Å². The van der Waals surface area contributed by atoms with Gasteiger partial charge in [-0.3, -0.25) is 14.3 Å². The number of β-lactam (4-membered cyclic amide) rings is 1. The van der Waals surface area contributed by atoms with Crippen molar-refractivity contribution in [3.8, 4) is 0 Å². The van der Waals surface area contributed by atoms with E-state index >= 15 is 0 Å². The summed E-state index contributed by atoms with van der Waals surface area (Å²) in [4.78, 5) is 37.6. The molecule has 2 N–H and O–H groups in total. The Morgan fingerprint density at radius 2 is 2.04 bits per heavy atom. The third-order valence-electron chi connectivity index (χ3n) is 4.33. The van der Waals surface area contributed by atoms with Crippen molar-refractivity contribution < 1.29 is 19.5 Å². The quantitative estimate of drug-likeness (QED) is 0.754. The minimum absolute atomic E-state index is 0.178. The Morgan fingerprint density at radius 1 is 1.42 bits per heavy atom. The van der Waals surface area contributed by atoms with Crippen LogP contribution in [0.25, 0.3) is 0 Å². The maximum atomic E-state index is 12.5. The summed E-state index contributed by atoms with van der Waals surface area (Å²) in [7, 11) is 1.59. The second-order valence-corrected chi connectivity index (χ2v) is 8.57. The maximum absolute atomic E-state index is 12.5. The van der Waals surface area contributed by atoms with Crippen LogP contribution in [0.5, 0.6) is 0 Å². The minimum atomic E-state index is -1.04. The number of nitrogens with zero attached hydrogens (tertiary/aromatic N) is 3. The van der Waals surface area contributed by atoms with Gasteiger partial charge in [0.1, 0.15) is 23.2 Å². The Hall–Kier alpha value is -1.74. The highest BCUT2D eigenvalue weighted by Gasteiger charge is 2.64. The van der Waals surface area contributed by atoms with Crippen LogP contribution in [0.3, 0.4) is 0 Å². The van der Waals surface area contributed by atoms with Crippen LogP contribution in [0, 0.1) is 6.92 Å². The Bertz CT molecular complexity index is 762. The summed E-state index contributed by atoms with van der Waals surface area (Å²) in [5.74, 6) is -1.94. The third kappa shape index (κ3) is 2.29. The van der Waals surface area contributed by atoms with E-state index in [1.54, 1.807) is 27.8 Å². The molecule has 2 amide bonds. The molecule has 2 saturated heterocycles. The summed E-state index contributed by atoms with van der Waals surface area (Å²) in [5.41, 5.74) is 0.700. The van der Waals surface area contributed by atoms with Crippen LogP contribution in [0.15, 0.2) is 0 Å². The van der Waals surface area contributed by atoms with Gasteiger partial charge in [-0.15, -0.1) is 11.8 Å². The summed E-state index contributed by atoms with van der Waals surface area (Å²) in [6.45, 7) is 5.24. The average Bonchev–Trinajstić information content (AvgIpc) is 2.87. The van der Waals surface area contributed by atoms with Crippen LogP contribution >= 0.6 is 23.4 Å². The van der Waals surface area contributed by atoms with Gasteiger partial charge in [0, 0.05) is 11.8 Å². The fraction of sp³-hybridized carbons (Fsp3) is 0.571. The molecule has 0 radical (unpaired) electrons. The van der Waals surface area contributed by atoms with E-state index in [9.17, 15) is 19.5 Å². The standard InChI is InChI=1S/C14H17ClN4O4S/c1-5-6(15)8(18(4)17-5)10(20)16-7-11(21)19-9(13(22)23)14(2,3)24-12(7)19/h7,9,12H,1-4H3,(H,16,20)(H,22,23)/t7-,9+,12+/m0/s1. The van der Waals surface area contributed by atoms with Gasteiger partial charge in [0.25, 0.3) is 5.91 Å². The van der Waals surface area contributed by atoms with Gasteiger partial charge in [-0.2, -0.15) is 5.10 Å². The molecule has 0 aliphatic carbocycles. The molecule has 1 aromatic heterocycles. The van der Waals surface area contributed by atoms with E-state index in [4.69, 9.17) is 11.6 Å². The van der Waals surface area contributed by atoms with Crippen LogP contribution in [0.1, 0.15) is 30.0 Å². The van der Waals surface area contributed by atoms with Gasteiger partial charge < -0.3 is 15.3 Å². The van der Waals surface area contributed by atoms with Crippen LogP contribution in [-0.2, 0) is 16.6 Å². The van der Waals surface area contributed by atoms with Gasteiger partial charge >= 0.3 is 5.97 Å². The lowest BCUT2D eigenvalue weighted by molar-refractivity contribution is -0.159. The predicted molar refractivity (Wildman–Crippen MR) is 87.9 cm³/mol. The van der Waals surface area contributed by atoms with E-state index < -0.39 is 40.0 Å². The van der Waals surface area contributed by atoms with Crippen molar-refractivity contribution in [2.45, 2.75) is 43.0 Å². The van der Waals surface area contributed by atoms with Gasteiger partial charge in [0.2, 0.25) is 5.91 Å². The highest BCUT2D eigenvalue weighted by atomic mass is 35.5. The van der Waals surface area contributed by atoms with Crippen LogP contribution in [-0.4, -0.2) is 59.8 Å². The zero-order valence-electron chi connectivity index (χ0n) is 13.5. The number of fused-ring (bicyclic) bond motifs is 1. The largest absolute Gasteiger partial charge is 0.480 e.